The van der Waals surface area contributed by atoms with Crippen molar-refractivity contribution in [3.63, 3.8) is 0 Å². The van der Waals surface area contributed by atoms with Gasteiger partial charge in [0.05, 0.1) is 22.4 Å². The highest BCUT2D eigenvalue weighted by Crippen LogP contribution is 2.52. The number of fused-ring (bicyclic) bond motifs is 13. The van der Waals surface area contributed by atoms with Crippen LogP contribution < -0.4 is 4.90 Å². The lowest BCUT2D eigenvalue weighted by molar-refractivity contribution is 0.660. The number of thiophene rings is 1. The molecule has 5 heteroatoms. The van der Waals surface area contributed by atoms with E-state index >= 15 is 0 Å². The summed E-state index contributed by atoms with van der Waals surface area (Å²) >= 11 is 1.88. The van der Waals surface area contributed by atoms with Crippen LogP contribution in [0.15, 0.2) is 231 Å². The van der Waals surface area contributed by atoms with Gasteiger partial charge >= 0.3 is 0 Å². The second kappa shape index (κ2) is 15.7. The van der Waals surface area contributed by atoms with Crippen LogP contribution in [0.5, 0.6) is 0 Å². The Bertz CT molecular complexity index is 4130. The van der Waals surface area contributed by atoms with Gasteiger partial charge < -0.3 is 4.90 Å². The van der Waals surface area contributed by atoms with Gasteiger partial charge in [-0.15, -0.1) is 11.3 Å². The van der Waals surface area contributed by atoms with E-state index in [-0.39, 0.29) is 5.41 Å². The normalized spacial score (nSPS) is 12.8. The van der Waals surface area contributed by atoms with Crippen LogP contribution in [0.1, 0.15) is 25.0 Å². The molecule has 3 aromatic heterocycles. The number of anilines is 3. The Hall–Kier alpha value is -8.64. The van der Waals surface area contributed by atoms with Crippen LogP contribution in [0.2, 0.25) is 0 Å². The Balaban J connectivity index is 1.08. The Kier molecular flexibility index (Phi) is 9.07. The molecule has 13 aromatic rings. The molecule has 1 aliphatic carbocycles. The minimum Gasteiger partial charge on any atom is -0.310 e. The summed E-state index contributed by atoms with van der Waals surface area (Å²) in [6, 6.07) is 83.5. The van der Waals surface area contributed by atoms with Gasteiger partial charge in [-0.3, -0.25) is 4.57 Å². The molecule has 0 N–H and O–H groups in total. The van der Waals surface area contributed by atoms with Gasteiger partial charge in [0.1, 0.15) is 0 Å². The summed E-state index contributed by atoms with van der Waals surface area (Å²) in [6.07, 6.45) is 0. The van der Waals surface area contributed by atoms with Crippen molar-refractivity contribution in [1.29, 1.82) is 0 Å². The maximum atomic E-state index is 5.50. The summed E-state index contributed by atoms with van der Waals surface area (Å²) in [6.45, 7) is 4.72. The van der Waals surface area contributed by atoms with Crippen molar-refractivity contribution in [3.8, 4) is 50.7 Å². The SMILES string of the molecule is CC1(C)c2ccccc2-c2ccc(N(c3ccc(-c4ccccc4)cc3)c3ccc4c(c3)c3c5sc6ccccc6c5c5ccccc5c3n4-c3nc(-c4ccccc4)cc(-c4ccccc4)n3)cc21. The molecule has 0 saturated carbocycles. The van der Waals surface area contributed by atoms with Crippen molar-refractivity contribution in [1.82, 2.24) is 14.5 Å². The zero-order valence-electron chi connectivity index (χ0n) is 38.6. The van der Waals surface area contributed by atoms with Crippen LogP contribution in [0.25, 0.3) is 103 Å². The van der Waals surface area contributed by atoms with E-state index in [0.29, 0.717) is 5.95 Å². The minimum absolute atomic E-state index is 0.164. The molecule has 0 atom stereocenters. The molecule has 0 bridgehead atoms. The van der Waals surface area contributed by atoms with Gasteiger partial charge in [-0.2, -0.15) is 0 Å². The van der Waals surface area contributed by atoms with Crippen LogP contribution in [0, 0.1) is 0 Å². The largest absolute Gasteiger partial charge is 0.310 e. The number of hydrogen-bond acceptors (Lipinski definition) is 4. The van der Waals surface area contributed by atoms with Gasteiger partial charge in [0.15, 0.2) is 0 Å². The average molecular weight is 913 g/mol. The number of aromatic nitrogens is 3. The number of hydrogen-bond donors (Lipinski definition) is 0. The topological polar surface area (TPSA) is 34.0 Å². The van der Waals surface area contributed by atoms with E-state index in [4.69, 9.17) is 9.97 Å². The summed E-state index contributed by atoms with van der Waals surface area (Å²) in [5, 5.41) is 7.28. The summed E-state index contributed by atoms with van der Waals surface area (Å²) in [4.78, 5) is 13.4. The van der Waals surface area contributed by atoms with Gasteiger partial charge in [-0.05, 0) is 93.4 Å². The van der Waals surface area contributed by atoms with Crippen LogP contribution in [0.3, 0.4) is 0 Å². The second-order valence-corrected chi connectivity index (χ2v) is 20.0. The van der Waals surface area contributed by atoms with E-state index in [9.17, 15) is 0 Å². The summed E-state index contributed by atoms with van der Waals surface area (Å²) in [5.74, 6) is 0.632. The third-order valence-electron chi connectivity index (χ3n) is 14.6. The molecular weight excluding hydrogens is 869 g/mol. The van der Waals surface area contributed by atoms with E-state index in [1.54, 1.807) is 0 Å². The first-order chi connectivity index (χ1) is 34.5. The lowest BCUT2D eigenvalue weighted by atomic mass is 9.82. The molecule has 70 heavy (non-hydrogen) atoms. The molecule has 3 heterocycles. The lowest BCUT2D eigenvalue weighted by Crippen LogP contribution is -2.16. The highest BCUT2D eigenvalue weighted by Gasteiger charge is 2.36. The molecule has 0 unspecified atom stereocenters. The monoisotopic (exact) mass is 912 g/mol. The number of rotatable bonds is 7. The third kappa shape index (κ3) is 6.22. The highest BCUT2D eigenvalue weighted by molar-refractivity contribution is 7.27. The quantitative estimate of drug-likeness (QED) is 0.160. The molecule has 0 spiro atoms. The van der Waals surface area contributed by atoms with Crippen molar-refractivity contribution < 1.29 is 0 Å². The first-order valence-electron chi connectivity index (χ1n) is 24.0. The smallest absolute Gasteiger partial charge is 0.235 e. The molecular formula is C65H44N4S. The predicted molar refractivity (Wildman–Crippen MR) is 295 cm³/mol. The van der Waals surface area contributed by atoms with Gasteiger partial charge in [0.25, 0.3) is 0 Å². The molecule has 0 amide bonds. The van der Waals surface area contributed by atoms with E-state index in [0.717, 1.165) is 61.4 Å². The fraction of sp³-hybridized carbons (Fsp3) is 0.0462. The van der Waals surface area contributed by atoms with E-state index < -0.39 is 0 Å². The van der Waals surface area contributed by atoms with Gasteiger partial charge in [0, 0.05) is 69.9 Å². The fourth-order valence-electron chi connectivity index (χ4n) is 11.3. The molecule has 0 radical (unpaired) electrons. The summed E-state index contributed by atoms with van der Waals surface area (Å²) in [5.41, 5.74) is 16.7. The third-order valence-corrected chi connectivity index (χ3v) is 15.8. The van der Waals surface area contributed by atoms with E-state index in [1.807, 2.05) is 11.3 Å². The maximum absolute atomic E-state index is 5.50. The fourth-order valence-corrected chi connectivity index (χ4v) is 12.5. The Labute approximate surface area is 410 Å². The van der Waals surface area contributed by atoms with Crippen LogP contribution >= 0.6 is 11.3 Å². The van der Waals surface area contributed by atoms with Gasteiger partial charge in [0.2, 0.25) is 5.95 Å². The Morgan fingerprint density at radius 1 is 0.414 bits per heavy atom. The average Bonchev–Trinajstić information content (AvgIpc) is 4.05. The number of nitrogens with zero attached hydrogens (tertiary/aromatic N) is 4. The first-order valence-corrected chi connectivity index (χ1v) is 24.8. The number of benzene rings is 10. The van der Waals surface area contributed by atoms with Crippen molar-refractivity contribution in [2.45, 2.75) is 19.3 Å². The highest BCUT2D eigenvalue weighted by atomic mass is 32.1. The molecule has 1 aliphatic rings. The molecule has 0 saturated heterocycles. The molecule has 4 nitrogen and oxygen atoms in total. The van der Waals surface area contributed by atoms with Crippen molar-refractivity contribution in [2.24, 2.45) is 0 Å². The molecule has 10 aromatic carbocycles. The zero-order valence-corrected chi connectivity index (χ0v) is 39.5. The van der Waals surface area contributed by atoms with Crippen molar-refractivity contribution in [2.75, 3.05) is 4.90 Å². The Morgan fingerprint density at radius 3 is 1.67 bits per heavy atom. The first kappa shape index (κ1) is 40.4. The molecule has 0 fully saturated rings. The predicted octanol–water partition coefficient (Wildman–Crippen LogP) is 17.9. The molecule has 14 rings (SSSR count). The molecule has 330 valence electrons. The van der Waals surface area contributed by atoms with Crippen LogP contribution in [-0.4, -0.2) is 14.5 Å². The standard InChI is InChI=1S/C65H44N4S/c1-65(2)54-28-16-14-24-48(54)49-36-34-47(39-55(49)65)68(45-32-30-42(31-33-45)41-18-6-3-7-19-41)46-35-37-58-53(38-46)61-62(51-26-13-12-25-50(51)60-52-27-15-17-29-59(52)70-63(60)61)69(58)64-66-56(43-20-8-4-9-21-43)40-57(67-64)44-22-10-5-11-23-44/h3-40H,1-2H3. The van der Waals surface area contributed by atoms with Crippen molar-refractivity contribution >= 4 is 81.1 Å². The van der Waals surface area contributed by atoms with Gasteiger partial charge in [-0.25, -0.2) is 9.97 Å². The van der Waals surface area contributed by atoms with Crippen molar-refractivity contribution in [3.05, 3.63) is 242 Å². The Morgan fingerprint density at radius 2 is 0.957 bits per heavy atom. The van der Waals surface area contributed by atoms with Crippen LogP contribution in [0.4, 0.5) is 17.1 Å². The summed E-state index contributed by atoms with van der Waals surface area (Å²) in [7, 11) is 0. The van der Waals surface area contributed by atoms with E-state index in [2.05, 4.69) is 254 Å². The molecule has 0 aliphatic heterocycles. The minimum atomic E-state index is -0.164. The lowest BCUT2D eigenvalue weighted by Gasteiger charge is -2.28. The maximum Gasteiger partial charge on any atom is 0.235 e. The zero-order chi connectivity index (χ0) is 46.5. The van der Waals surface area contributed by atoms with Crippen LogP contribution in [-0.2, 0) is 5.41 Å². The van der Waals surface area contributed by atoms with E-state index in [1.165, 1.54) is 64.3 Å². The second-order valence-electron chi connectivity index (χ2n) is 18.9. The summed E-state index contributed by atoms with van der Waals surface area (Å²) < 4.78 is 4.87. The van der Waals surface area contributed by atoms with Gasteiger partial charge in [-0.1, -0.05) is 190 Å².